The fourth-order valence-electron chi connectivity index (χ4n) is 1.31. The third kappa shape index (κ3) is 5.17. The number of aliphatic hydroxyl groups excluding tert-OH is 1. The number of urea groups is 1. The molecule has 0 fully saturated rings. The van der Waals surface area contributed by atoms with E-state index in [-0.39, 0.29) is 19.2 Å². The Morgan fingerprint density at radius 2 is 1.89 bits per heavy atom. The predicted octanol–water partition coefficient (Wildman–Crippen LogP) is 1.89. The quantitative estimate of drug-likeness (QED) is 0.786. The number of hydrogen-bond donors (Lipinski definition) is 3. The maximum atomic E-state index is 12.3. The molecule has 0 aliphatic carbocycles. The molecule has 4 nitrogen and oxygen atoms in total. The molecule has 0 bridgehead atoms. The minimum atomic E-state index is -4.36. The summed E-state index contributed by atoms with van der Waals surface area (Å²) in [6, 6.07) is 3.67. The molecule has 0 heterocycles. The highest BCUT2D eigenvalue weighted by atomic mass is 19.4. The normalized spacial score (nSPS) is 12.9. The van der Waals surface area contributed by atoms with E-state index in [1.165, 1.54) is 12.1 Å². The lowest BCUT2D eigenvalue weighted by Crippen LogP contribution is -2.41. The average molecular weight is 276 g/mol. The molecular formula is C12H15F3N2O2. The van der Waals surface area contributed by atoms with Gasteiger partial charge < -0.3 is 15.7 Å². The van der Waals surface area contributed by atoms with Crippen molar-refractivity contribution in [3.05, 3.63) is 35.4 Å². The molecule has 0 saturated carbocycles. The number of carbonyl (C=O) groups is 1. The van der Waals surface area contributed by atoms with Crippen LogP contribution in [0, 0.1) is 0 Å². The van der Waals surface area contributed by atoms with Crippen LogP contribution in [0.4, 0.5) is 18.0 Å². The summed E-state index contributed by atoms with van der Waals surface area (Å²) in [4.78, 5) is 11.3. The average Bonchev–Trinajstić information content (AvgIpc) is 2.35. The number of aliphatic hydroxyl groups is 1. The summed E-state index contributed by atoms with van der Waals surface area (Å²) in [5, 5.41) is 13.7. The van der Waals surface area contributed by atoms with E-state index in [0.29, 0.717) is 5.56 Å². The van der Waals surface area contributed by atoms with Crippen molar-refractivity contribution in [3.63, 3.8) is 0 Å². The number of alkyl halides is 3. The van der Waals surface area contributed by atoms with Gasteiger partial charge >= 0.3 is 12.2 Å². The molecule has 0 aliphatic heterocycles. The highest BCUT2D eigenvalue weighted by molar-refractivity contribution is 5.74. The third-order valence-corrected chi connectivity index (χ3v) is 2.39. The van der Waals surface area contributed by atoms with Crippen LogP contribution in [0.15, 0.2) is 24.3 Å². The van der Waals surface area contributed by atoms with E-state index in [4.69, 9.17) is 5.11 Å². The SMILES string of the molecule is CC(CO)NC(=O)NCc1ccc(C(F)(F)F)cc1. The number of nitrogens with one attached hydrogen (secondary N) is 2. The van der Waals surface area contributed by atoms with Crippen LogP contribution < -0.4 is 10.6 Å². The first kappa shape index (κ1) is 15.3. The Kier molecular flexibility index (Phi) is 5.17. The largest absolute Gasteiger partial charge is 0.416 e. The maximum Gasteiger partial charge on any atom is 0.416 e. The zero-order chi connectivity index (χ0) is 14.5. The second-order valence-electron chi connectivity index (χ2n) is 4.11. The first-order chi connectivity index (χ1) is 8.82. The molecule has 1 aromatic carbocycles. The van der Waals surface area contributed by atoms with Crippen LogP contribution in [0.3, 0.4) is 0 Å². The molecule has 0 saturated heterocycles. The minimum Gasteiger partial charge on any atom is -0.394 e. The zero-order valence-electron chi connectivity index (χ0n) is 10.3. The lowest BCUT2D eigenvalue weighted by Gasteiger charge is -2.12. The molecule has 1 aromatic rings. The van der Waals surface area contributed by atoms with Crippen LogP contribution in [-0.2, 0) is 12.7 Å². The summed E-state index contributed by atoms with van der Waals surface area (Å²) in [7, 11) is 0. The van der Waals surface area contributed by atoms with E-state index < -0.39 is 17.8 Å². The van der Waals surface area contributed by atoms with Crippen LogP contribution in [0.1, 0.15) is 18.1 Å². The van der Waals surface area contributed by atoms with Gasteiger partial charge in [-0.05, 0) is 24.6 Å². The topological polar surface area (TPSA) is 61.4 Å². The molecule has 3 N–H and O–H groups in total. The van der Waals surface area contributed by atoms with E-state index in [9.17, 15) is 18.0 Å². The summed E-state index contributed by atoms with van der Waals surface area (Å²) >= 11 is 0. The molecule has 1 rings (SSSR count). The molecule has 0 aromatic heterocycles. The molecule has 19 heavy (non-hydrogen) atoms. The van der Waals surface area contributed by atoms with Crippen molar-refractivity contribution in [3.8, 4) is 0 Å². The van der Waals surface area contributed by atoms with Gasteiger partial charge in [0, 0.05) is 6.54 Å². The molecule has 1 atom stereocenters. The molecule has 0 spiro atoms. The maximum absolute atomic E-state index is 12.3. The Balaban J connectivity index is 2.48. The van der Waals surface area contributed by atoms with Gasteiger partial charge in [-0.25, -0.2) is 4.79 Å². The standard InChI is InChI=1S/C12H15F3N2O2/c1-8(7-18)17-11(19)16-6-9-2-4-10(5-3-9)12(13,14)15/h2-5,8,18H,6-7H2,1H3,(H2,16,17,19). The van der Waals surface area contributed by atoms with Crippen LogP contribution in [0.5, 0.6) is 0 Å². The van der Waals surface area contributed by atoms with Gasteiger partial charge in [0.1, 0.15) is 0 Å². The molecule has 0 radical (unpaired) electrons. The monoisotopic (exact) mass is 276 g/mol. The number of carbonyl (C=O) groups excluding carboxylic acids is 1. The summed E-state index contributed by atoms with van der Waals surface area (Å²) in [6.45, 7) is 1.55. The Labute approximate surface area is 108 Å². The second kappa shape index (κ2) is 6.42. The summed E-state index contributed by atoms with van der Waals surface area (Å²) < 4.78 is 36.9. The number of rotatable bonds is 4. The summed E-state index contributed by atoms with van der Waals surface area (Å²) in [5.74, 6) is 0. The fraction of sp³-hybridized carbons (Fsp3) is 0.417. The Morgan fingerprint density at radius 1 is 1.32 bits per heavy atom. The third-order valence-electron chi connectivity index (χ3n) is 2.39. The van der Waals surface area contributed by atoms with Gasteiger partial charge in [-0.2, -0.15) is 13.2 Å². The molecule has 0 aliphatic rings. The van der Waals surface area contributed by atoms with Crippen LogP contribution >= 0.6 is 0 Å². The zero-order valence-corrected chi connectivity index (χ0v) is 10.3. The summed E-state index contributed by atoms with van der Waals surface area (Å²) in [5.41, 5.74) is -0.172. The van der Waals surface area contributed by atoms with Crippen molar-refractivity contribution in [1.29, 1.82) is 0 Å². The van der Waals surface area contributed by atoms with Crippen molar-refractivity contribution < 1.29 is 23.1 Å². The molecule has 2 amide bonds. The van der Waals surface area contributed by atoms with E-state index >= 15 is 0 Å². The molecule has 7 heteroatoms. The van der Waals surface area contributed by atoms with Crippen LogP contribution in [0.25, 0.3) is 0 Å². The van der Waals surface area contributed by atoms with Crippen molar-refractivity contribution in [1.82, 2.24) is 10.6 Å². The van der Waals surface area contributed by atoms with Gasteiger partial charge in [0.2, 0.25) is 0 Å². The van der Waals surface area contributed by atoms with Crippen molar-refractivity contribution in [2.45, 2.75) is 25.7 Å². The van der Waals surface area contributed by atoms with Crippen molar-refractivity contribution >= 4 is 6.03 Å². The molecule has 1 unspecified atom stereocenters. The number of hydrogen-bond acceptors (Lipinski definition) is 2. The highest BCUT2D eigenvalue weighted by Crippen LogP contribution is 2.28. The van der Waals surface area contributed by atoms with Gasteiger partial charge in [-0.3, -0.25) is 0 Å². The predicted molar refractivity (Wildman–Crippen MR) is 63.4 cm³/mol. The molecular weight excluding hydrogens is 261 g/mol. The van der Waals surface area contributed by atoms with Gasteiger partial charge in [-0.1, -0.05) is 12.1 Å². The summed E-state index contributed by atoms with van der Waals surface area (Å²) in [6.07, 6.45) is -4.36. The van der Waals surface area contributed by atoms with Gasteiger partial charge in [0.25, 0.3) is 0 Å². The molecule has 106 valence electrons. The van der Waals surface area contributed by atoms with Crippen LogP contribution in [-0.4, -0.2) is 23.8 Å². The number of amides is 2. The van der Waals surface area contributed by atoms with Crippen LogP contribution in [0.2, 0.25) is 0 Å². The van der Waals surface area contributed by atoms with E-state index in [0.717, 1.165) is 12.1 Å². The van der Waals surface area contributed by atoms with Gasteiger partial charge in [-0.15, -0.1) is 0 Å². The first-order valence-electron chi connectivity index (χ1n) is 5.64. The van der Waals surface area contributed by atoms with E-state index in [1.807, 2.05) is 0 Å². The van der Waals surface area contributed by atoms with Gasteiger partial charge in [0.15, 0.2) is 0 Å². The Morgan fingerprint density at radius 3 is 2.37 bits per heavy atom. The lowest BCUT2D eigenvalue weighted by atomic mass is 10.1. The highest BCUT2D eigenvalue weighted by Gasteiger charge is 2.29. The minimum absolute atomic E-state index is 0.113. The fourth-order valence-corrected chi connectivity index (χ4v) is 1.31. The Bertz CT molecular complexity index is 418. The van der Waals surface area contributed by atoms with Gasteiger partial charge in [0.05, 0.1) is 18.2 Å². The smallest absolute Gasteiger partial charge is 0.394 e. The van der Waals surface area contributed by atoms with Crippen molar-refractivity contribution in [2.75, 3.05) is 6.61 Å². The van der Waals surface area contributed by atoms with Crippen molar-refractivity contribution in [2.24, 2.45) is 0 Å². The lowest BCUT2D eigenvalue weighted by molar-refractivity contribution is -0.137. The van der Waals surface area contributed by atoms with E-state index in [1.54, 1.807) is 6.92 Å². The number of benzene rings is 1. The Hall–Kier alpha value is -1.76. The number of halogens is 3. The van der Waals surface area contributed by atoms with E-state index in [2.05, 4.69) is 10.6 Å². The first-order valence-corrected chi connectivity index (χ1v) is 5.64. The second-order valence-corrected chi connectivity index (χ2v) is 4.11.